The number of amides is 1. The molecular formula is C16H8F8N4OS. The zero-order valence-electron chi connectivity index (χ0n) is 14.2. The van der Waals surface area contributed by atoms with Gasteiger partial charge in [0.05, 0.1) is 23.1 Å². The molecule has 1 amide bonds. The van der Waals surface area contributed by atoms with Gasteiger partial charge in [-0.1, -0.05) is 6.07 Å². The van der Waals surface area contributed by atoms with Gasteiger partial charge in [-0.25, -0.2) is 0 Å². The second-order valence-corrected chi connectivity index (χ2v) is 6.55. The topological polar surface area (TPSA) is 84.7 Å². The Bertz CT molecular complexity index is 1090. The molecular weight excluding hydrogens is 448 g/mol. The van der Waals surface area contributed by atoms with Crippen LogP contribution in [0.3, 0.4) is 0 Å². The van der Waals surface area contributed by atoms with E-state index >= 15 is 0 Å². The van der Waals surface area contributed by atoms with Crippen molar-refractivity contribution in [2.75, 3.05) is 0 Å². The number of aromatic amines is 1. The molecule has 0 aliphatic heterocycles. The number of alkyl halides is 8. The Morgan fingerprint density at radius 1 is 1.03 bits per heavy atom. The highest BCUT2D eigenvalue weighted by molar-refractivity contribution is 7.03. The summed E-state index contributed by atoms with van der Waals surface area (Å²) in [6.45, 7) is 0. The third kappa shape index (κ3) is 3.51. The van der Waals surface area contributed by atoms with Crippen LogP contribution >= 0.6 is 11.5 Å². The normalized spacial score (nSPS) is 12.9. The minimum atomic E-state index is -6.24. The van der Waals surface area contributed by atoms with Gasteiger partial charge < -0.3 is 5.73 Å². The highest BCUT2D eigenvalue weighted by Crippen LogP contribution is 2.52. The summed E-state index contributed by atoms with van der Waals surface area (Å²) in [5.74, 6) is -7.42. The lowest BCUT2D eigenvalue weighted by atomic mass is 9.87. The van der Waals surface area contributed by atoms with Crippen molar-refractivity contribution in [2.45, 2.75) is 18.3 Å². The Labute approximate surface area is 165 Å². The second-order valence-electron chi connectivity index (χ2n) is 5.89. The van der Waals surface area contributed by atoms with Crippen LogP contribution in [0.1, 0.15) is 21.5 Å². The Balaban J connectivity index is 2.54. The molecule has 2 aromatic heterocycles. The number of halogens is 8. The first kappa shape index (κ1) is 21.7. The Morgan fingerprint density at radius 2 is 1.70 bits per heavy atom. The molecule has 1 aromatic carbocycles. The lowest BCUT2D eigenvalue weighted by Gasteiger charge is -2.26. The van der Waals surface area contributed by atoms with Crippen molar-refractivity contribution in [2.24, 2.45) is 5.73 Å². The van der Waals surface area contributed by atoms with E-state index in [1.54, 1.807) is 0 Å². The average Bonchev–Trinajstić information content (AvgIpc) is 3.30. The molecule has 0 unspecified atom stereocenters. The smallest absolute Gasteiger partial charge is 0.366 e. The van der Waals surface area contributed by atoms with Gasteiger partial charge in [0.1, 0.15) is 5.56 Å². The SMILES string of the molecule is NC(=O)c1ccc(-c2ccsn2)c(-c2[nH]ncc2C(F)(F)F)c1C(F)(F)C(F)(F)F. The van der Waals surface area contributed by atoms with Crippen molar-refractivity contribution >= 4 is 17.4 Å². The van der Waals surface area contributed by atoms with E-state index in [0.29, 0.717) is 6.07 Å². The second kappa shape index (κ2) is 7.04. The number of benzene rings is 1. The molecule has 0 atom stereocenters. The van der Waals surface area contributed by atoms with Crippen LogP contribution in [0.4, 0.5) is 35.1 Å². The number of hydrogen-bond donors (Lipinski definition) is 2. The number of nitrogens with two attached hydrogens (primary N) is 1. The highest BCUT2D eigenvalue weighted by atomic mass is 32.1. The van der Waals surface area contributed by atoms with E-state index in [1.807, 2.05) is 5.10 Å². The first-order valence-corrected chi connectivity index (χ1v) is 8.54. The standard InChI is InChI=1S/C16H8F8N4OS/c17-14(18,16(22,23)24)11-7(13(25)29)2-1-6(9-3-4-30-28-9)10(11)12-8(5-26-27-12)15(19,20)21/h1-5H,(H2,25,29)(H,26,27). The minimum Gasteiger partial charge on any atom is -0.366 e. The molecule has 160 valence electrons. The van der Waals surface area contributed by atoms with Crippen molar-refractivity contribution in [3.63, 3.8) is 0 Å². The molecule has 14 heteroatoms. The Morgan fingerprint density at radius 3 is 2.20 bits per heavy atom. The average molecular weight is 456 g/mol. The first-order valence-electron chi connectivity index (χ1n) is 7.70. The fraction of sp³-hybridized carbons (Fsp3) is 0.188. The highest BCUT2D eigenvalue weighted by Gasteiger charge is 2.61. The molecule has 0 radical (unpaired) electrons. The lowest BCUT2D eigenvalue weighted by Crippen LogP contribution is -2.36. The van der Waals surface area contributed by atoms with Gasteiger partial charge in [-0.2, -0.15) is 44.6 Å². The van der Waals surface area contributed by atoms with Gasteiger partial charge in [0.25, 0.3) is 0 Å². The zero-order valence-corrected chi connectivity index (χ0v) is 15.0. The summed E-state index contributed by atoms with van der Waals surface area (Å²) in [7, 11) is 0. The van der Waals surface area contributed by atoms with Crippen molar-refractivity contribution in [1.82, 2.24) is 14.6 Å². The summed E-state index contributed by atoms with van der Waals surface area (Å²) in [6.07, 6.45) is -11.2. The monoisotopic (exact) mass is 456 g/mol. The van der Waals surface area contributed by atoms with Gasteiger partial charge in [-0.15, -0.1) is 0 Å². The number of H-pyrrole nitrogens is 1. The number of rotatable bonds is 4. The van der Waals surface area contributed by atoms with Crippen LogP contribution in [0.15, 0.2) is 29.8 Å². The Kier molecular flexibility index (Phi) is 5.08. The van der Waals surface area contributed by atoms with E-state index in [-0.39, 0.29) is 11.9 Å². The van der Waals surface area contributed by atoms with Crippen LogP contribution in [-0.4, -0.2) is 26.7 Å². The summed E-state index contributed by atoms with van der Waals surface area (Å²) in [5, 5.41) is 6.29. The lowest BCUT2D eigenvalue weighted by molar-refractivity contribution is -0.289. The third-order valence-corrected chi connectivity index (χ3v) is 4.61. The van der Waals surface area contributed by atoms with E-state index in [4.69, 9.17) is 5.73 Å². The molecule has 0 saturated heterocycles. The summed E-state index contributed by atoms with van der Waals surface area (Å²) in [6, 6.07) is 2.67. The summed E-state index contributed by atoms with van der Waals surface area (Å²) in [5.41, 5.74) is -3.08. The maximum atomic E-state index is 14.5. The third-order valence-electron chi connectivity index (χ3n) is 4.05. The number of aromatic nitrogens is 3. The van der Waals surface area contributed by atoms with E-state index in [2.05, 4.69) is 9.47 Å². The molecule has 0 aliphatic rings. The van der Waals surface area contributed by atoms with Crippen LogP contribution in [0, 0.1) is 0 Å². The summed E-state index contributed by atoms with van der Waals surface area (Å²) < 4.78 is 113. The summed E-state index contributed by atoms with van der Waals surface area (Å²) in [4.78, 5) is 11.7. The van der Waals surface area contributed by atoms with Gasteiger partial charge in [0.2, 0.25) is 5.91 Å². The van der Waals surface area contributed by atoms with Crippen LogP contribution in [-0.2, 0) is 12.1 Å². The summed E-state index contributed by atoms with van der Waals surface area (Å²) >= 11 is 0.780. The van der Waals surface area contributed by atoms with E-state index in [1.165, 1.54) is 11.4 Å². The number of carbonyl (C=O) groups excluding carboxylic acids is 1. The molecule has 3 N–H and O–H groups in total. The van der Waals surface area contributed by atoms with Gasteiger partial charge in [-0.05, 0) is 23.7 Å². The van der Waals surface area contributed by atoms with Crippen LogP contribution in [0.2, 0.25) is 0 Å². The van der Waals surface area contributed by atoms with Gasteiger partial charge in [0.15, 0.2) is 0 Å². The van der Waals surface area contributed by atoms with Crippen molar-refractivity contribution in [3.8, 4) is 22.5 Å². The molecule has 0 aliphatic carbocycles. The molecule has 0 saturated carbocycles. The first-order chi connectivity index (χ1) is 13.8. The number of hydrogen-bond acceptors (Lipinski definition) is 4. The fourth-order valence-electron chi connectivity index (χ4n) is 2.79. The maximum absolute atomic E-state index is 14.5. The minimum absolute atomic E-state index is 0.187. The molecule has 5 nitrogen and oxygen atoms in total. The van der Waals surface area contributed by atoms with Crippen molar-refractivity contribution < 1.29 is 39.9 Å². The zero-order chi connectivity index (χ0) is 22.5. The van der Waals surface area contributed by atoms with Gasteiger partial charge in [-0.3, -0.25) is 9.89 Å². The van der Waals surface area contributed by atoms with Crippen molar-refractivity contribution in [1.29, 1.82) is 0 Å². The quantitative estimate of drug-likeness (QED) is 0.544. The van der Waals surface area contributed by atoms with Crippen LogP contribution in [0.5, 0.6) is 0 Å². The number of carbonyl (C=O) groups is 1. The van der Waals surface area contributed by atoms with Gasteiger partial charge >= 0.3 is 18.3 Å². The molecule has 0 fully saturated rings. The Hall–Kier alpha value is -3.03. The molecule has 3 rings (SSSR count). The maximum Gasteiger partial charge on any atom is 0.458 e. The molecule has 0 bridgehead atoms. The fourth-order valence-corrected chi connectivity index (χ4v) is 3.32. The van der Waals surface area contributed by atoms with E-state index in [0.717, 1.165) is 17.6 Å². The van der Waals surface area contributed by atoms with Crippen LogP contribution < -0.4 is 5.73 Å². The number of nitrogens with one attached hydrogen (secondary N) is 1. The largest absolute Gasteiger partial charge is 0.458 e. The molecule has 30 heavy (non-hydrogen) atoms. The molecule has 3 aromatic rings. The van der Waals surface area contributed by atoms with E-state index in [9.17, 15) is 39.9 Å². The van der Waals surface area contributed by atoms with Crippen LogP contribution in [0.25, 0.3) is 22.5 Å². The molecule has 0 spiro atoms. The van der Waals surface area contributed by atoms with E-state index < -0.39 is 57.7 Å². The predicted octanol–water partition coefficient (Wildman–Crippen LogP) is 4.97. The van der Waals surface area contributed by atoms with Crippen molar-refractivity contribution in [3.05, 3.63) is 46.5 Å². The number of primary amides is 1. The predicted molar refractivity (Wildman–Crippen MR) is 88.6 cm³/mol. The van der Waals surface area contributed by atoms with Gasteiger partial charge in [0, 0.05) is 22.1 Å². The number of nitrogens with zero attached hydrogens (tertiary/aromatic N) is 2. The molecule has 2 heterocycles.